The lowest BCUT2D eigenvalue weighted by Crippen LogP contribution is -2.46. The third-order valence-electron chi connectivity index (χ3n) is 4.55. The van der Waals surface area contributed by atoms with Crippen LogP contribution in [0.25, 0.3) is 10.8 Å². The number of hydrogen-bond acceptors (Lipinski definition) is 2. The molecule has 2 nitrogen and oxygen atoms in total. The second-order valence-electron chi connectivity index (χ2n) is 7.17. The Labute approximate surface area is 128 Å². The highest BCUT2D eigenvalue weighted by atomic mass is 15.2. The predicted molar refractivity (Wildman–Crippen MR) is 92.0 cm³/mol. The average molecular weight is 282 g/mol. The molecule has 0 radical (unpaired) electrons. The molecule has 1 atom stereocenters. The first-order valence-corrected chi connectivity index (χ1v) is 8.02. The third-order valence-corrected chi connectivity index (χ3v) is 4.55. The van der Waals surface area contributed by atoms with Crippen molar-refractivity contribution in [1.29, 1.82) is 0 Å². The van der Waals surface area contributed by atoms with Gasteiger partial charge in [-0.15, -0.1) is 0 Å². The van der Waals surface area contributed by atoms with Crippen molar-refractivity contribution < 1.29 is 0 Å². The van der Waals surface area contributed by atoms with Crippen LogP contribution in [0.3, 0.4) is 0 Å². The van der Waals surface area contributed by atoms with E-state index in [2.05, 4.69) is 73.5 Å². The molecule has 0 saturated carbocycles. The predicted octanol–water partition coefficient (Wildman–Crippen LogP) is 4.05. The van der Waals surface area contributed by atoms with E-state index in [4.69, 9.17) is 0 Å². The van der Waals surface area contributed by atoms with Crippen LogP contribution in [0.5, 0.6) is 0 Å². The number of benzene rings is 2. The Morgan fingerprint density at radius 3 is 2.62 bits per heavy atom. The second kappa shape index (κ2) is 5.69. The van der Waals surface area contributed by atoms with Crippen LogP contribution in [0.4, 0.5) is 5.69 Å². The zero-order valence-electron chi connectivity index (χ0n) is 13.4. The lowest BCUT2D eigenvalue weighted by Gasteiger charge is -2.35. The number of anilines is 1. The monoisotopic (exact) mass is 282 g/mol. The molecule has 1 saturated heterocycles. The van der Waals surface area contributed by atoms with Crippen LogP contribution in [0.2, 0.25) is 0 Å². The third kappa shape index (κ3) is 3.06. The van der Waals surface area contributed by atoms with E-state index in [0.29, 0.717) is 6.04 Å². The van der Waals surface area contributed by atoms with Gasteiger partial charge in [0, 0.05) is 30.2 Å². The number of rotatable bonds is 1. The molecule has 0 amide bonds. The summed E-state index contributed by atoms with van der Waals surface area (Å²) in [4.78, 5) is 2.57. The van der Waals surface area contributed by atoms with Gasteiger partial charge in [0.1, 0.15) is 0 Å². The molecule has 21 heavy (non-hydrogen) atoms. The summed E-state index contributed by atoms with van der Waals surface area (Å²) >= 11 is 0. The molecular formula is C19H26N2. The van der Waals surface area contributed by atoms with Crippen LogP contribution in [0.15, 0.2) is 42.5 Å². The molecule has 2 heteroatoms. The summed E-state index contributed by atoms with van der Waals surface area (Å²) in [5, 5.41) is 6.43. The molecule has 3 rings (SSSR count). The fourth-order valence-electron chi connectivity index (χ4n) is 3.21. The standard InChI is InChI=1S/C19H26N2/c1-19(2,3)18-14-21(13-7-12-20-18)17-11-6-9-15-8-4-5-10-16(15)17/h4-6,8-11,18,20H,7,12-14H2,1-3H3. The minimum absolute atomic E-state index is 0.285. The maximum atomic E-state index is 3.73. The molecule has 1 fully saturated rings. The van der Waals surface area contributed by atoms with Crippen molar-refractivity contribution in [1.82, 2.24) is 5.32 Å². The van der Waals surface area contributed by atoms with E-state index < -0.39 is 0 Å². The molecule has 2 aromatic carbocycles. The first-order valence-electron chi connectivity index (χ1n) is 8.02. The summed E-state index contributed by atoms with van der Waals surface area (Å²) in [6.45, 7) is 10.3. The van der Waals surface area contributed by atoms with Crippen molar-refractivity contribution in [2.75, 3.05) is 24.5 Å². The highest BCUT2D eigenvalue weighted by Crippen LogP contribution is 2.30. The maximum Gasteiger partial charge on any atom is 0.0446 e. The van der Waals surface area contributed by atoms with E-state index in [-0.39, 0.29) is 5.41 Å². The maximum absolute atomic E-state index is 3.73. The number of hydrogen-bond donors (Lipinski definition) is 1. The molecule has 0 spiro atoms. The lowest BCUT2D eigenvalue weighted by molar-refractivity contribution is 0.280. The van der Waals surface area contributed by atoms with Crippen LogP contribution in [0.1, 0.15) is 27.2 Å². The normalized spacial score (nSPS) is 20.5. The zero-order valence-corrected chi connectivity index (χ0v) is 13.4. The quantitative estimate of drug-likeness (QED) is 0.848. The summed E-state index contributed by atoms with van der Waals surface area (Å²) in [6, 6.07) is 15.9. The van der Waals surface area contributed by atoms with E-state index in [0.717, 1.165) is 19.6 Å². The minimum Gasteiger partial charge on any atom is -0.369 e. The number of fused-ring (bicyclic) bond motifs is 1. The van der Waals surface area contributed by atoms with Gasteiger partial charge in [-0.2, -0.15) is 0 Å². The summed E-state index contributed by atoms with van der Waals surface area (Å²) in [5.41, 5.74) is 1.67. The molecule has 1 unspecified atom stereocenters. The molecule has 0 aliphatic carbocycles. The summed E-state index contributed by atoms with van der Waals surface area (Å²) in [7, 11) is 0. The lowest BCUT2D eigenvalue weighted by atomic mass is 9.86. The molecule has 1 aliphatic heterocycles. The van der Waals surface area contributed by atoms with E-state index >= 15 is 0 Å². The van der Waals surface area contributed by atoms with Gasteiger partial charge in [-0.3, -0.25) is 0 Å². The second-order valence-corrected chi connectivity index (χ2v) is 7.17. The molecule has 1 aliphatic rings. The van der Waals surface area contributed by atoms with Crippen LogP contribution in [0, 0.1) is 5.41 Å². The van der Waals surface area contributed by atoms with Crippen molar-refractivity contribution in [2.24, 2.45) is 5.41 Å². The van der Waals surface area contributed by atoms with E-state index in [1.54, 1.807) is 0 Å². The smallest absolute Gasteiger partial charge is 0.0446 e. The SMILES string of the molecule is CC(C)(C)C1CN(c2cccc3ccccc23)CCCN1. The van der Waals surface area contributed by atoms with Crippen molar-refractivity contribution in [3.63, 3.8) is 0 Å². The van der Waals surface area contributed by atoms with Crippen molar-refractivity contribution >= 4 is 16.5 Å². The average Bonchev–Trinajstić information content (AvgIpc) is 2.72. The summed E-state index contributed by atoms with van der Waals surface area (Å²) < 4.78 is 0. The van der Waals surface area contributed by atoms with Crippen LogP contribution >= 0.6 is 0 Å². The van der Waals surface area contributed by atoms with Gasteiger partial charge in [0.15, 0.2) is 0 Å². The molecule has 112 valence electrons. The van der Waals surface area contributed by atoms with E-state index in [9.17, 15) is 0 Å². The summed E-state index contributed by atoms with van der Waals surface area (Å²) in [5.74, 6) is 0. The van der Waals surface area contributed by atoms with Gasteiger partial charge in [-0.05, 0) is 29.8 Å². The van der Waals surface area contributed by atoms with E-state index in [1.807, 2.05) is 0 Å². The molecule has 0 aromatic heterocycles. The highest BCUT2D eigenvalue weighted by molar-refractivity contribution is 5.94. The van der Waals surface area contributed by atoms with Gasteiger partial charge < -0.3 is 10.2 Å². The topological polar surface area (TPSA) is 15.3 Å². The first kappa shape index (κ1) is 14.4. The first-order chi connectivity index (χ1) is 10.1. The van der Waals surface area contributed by atoms with Gasteiger partial charge >= 0.3 is 0 Å². The van der Waals surface area contributed by atoms with Gasteiger partial charge in [0.2, 0.25) is 0 Å². The Bertz CT molecular complexity index is 607. The van der Waals surface area contributed by atoms with E-state index in [1.165, 1.54) is 22.9 Å². The summed E-state index contributed by atoms with van der Waals surface area (Å²) in [6.07, 6.45) is 1.20. The Hall–Kier alpha value is -1.54. The molecule has 1 N–H and O–H groups in total. The Kier molecular flexibility index (Phi) is 3.90. The molecule has 2 aromatic rings. The highest BCUT2D eigenvalue weighted by Gasteiger charge is 2.28. The largest absolute Gasteiger partial charge is 0.369 e. The molecular weight excluding hydrogens is 256 g/mol. The molecule has 0 bridgehead atoms. The number of nitrogens with zero attached hydrogens (tertiary/aromatic N) is 1. The Balaban J connectivity index is 1.97. The number of nitrogens with one attached hydrogen (secondary N) is 1. The van der Waals surface area contributed by atoms with Crippen LogP contribution in [-0.4, -0.2) is 25.7 Å². The van der Waals surface area contributed by atoms with Crippen molar-refractivity contribution in [3.05, 3.63) is 42.5 Å². The van der Waals surface area contributed by atoms with Gasteiger partial charge in [0.25, 0.3) is 0 Å². The van der Waals surface area contributed by atoms with Gasteiger partial charge in [-0.1, -0.05) is 57.2 Å². The fourth-order valence-corrected chi connectivity index (χ4v) is 3.21. The van der Waals surface area contributed by atoms with Crippen LogP contribution < -0.4 is 10.2 Å². The van der Waals surface area contributed by atoms with Gasteiger partial charge in [-0.25, -0.2) is 0 Å². The van der Waals surface area contributed by atoms with Gasteiger partial charge in [0.05, 0.1) is 0 Å². The Morgan fingerprint density at radius 1 is 1.05 bits per heavy atom. The minimum atomic E-state index is 0.285. The Morgan fingerprint density at radius 2 is 1.81 bits per heavy atom. The molecule has 1 heterocycles. The zero-order chi connectivity index (χ0) is 14.9. The fraction of sp³-hybridized carbons (Fsp3) is 0.474. The van der Waals surface area contributed by atoms with Crippen molar-refractivity contribution in [3.8, 4) is 0 Å². The van der Waals surface area contributed by atoms with Crippen molar-refractivity contribution in [2.45, 2.75) is 33.2 Å². The van der Waals surface area contributed by atoms with Crippen LogP contribution in [-0.2, 0) is 0 Å².